The Kier molecular flexibility index (Phi) is 2.92. The SMILES string of the molecule is NC(CC1CCC1)c1ccc(Cl)s1. The summed E-state index contributed by atoms with van der Waals surface area (Å²) in [5.41, 5.74) is 6.07. The minimum atomic E-state index is 0.211. The van der Waals surface area contributed by atoms with Crippen molar-refractivity contribution in [3.05, 3.63) is 21.3 Å². The maximum atomic E-state index is 6.07. The molecule has 3 heteroatoms. The maximum Gasteiger partial charge on any atom is 0.0931 e. The third-order valence-electron chi connectivity index (χ3n) is 2.77. The van der Waals surface area contributed by atoms with E-state index in [-0.39, 0.29) is 6.04 Å². The first-order valence-electron chi connectivity index (χ1n) is 4.76. The molecule has 1 aliphatic rings. The normalized spacial score (nSPS) is 19.8. The van der Waals surface area contributed by atoms with Gasteiger partial charge in [-0.3, -0.25) is 0 Å². The van der Waals surface area contributed by atoms with Gasteiger partial charge in [0.1, 0.15) is 0 Å². The molecule has 2 N–H and O–H groups in total. The summed E-state index contributed by atoms with van der Waals surface area (Å²) in [6, 6.07) is 4.20. The van der Waals surface area contributed by atoms with Gasteiger partial charge in [0, 0.05) is 10.9 Å². The summed E-state index contributed by atoms with van der Waals surface area (Å²) in [4.78, 5) is 1.23. The van der Waals surface area contributed by atoms with Crippen LogP contribution in [0.5, 0.6) is 0 Å². The molecule has 1 nitrogen and oxygen atoms in total. The van der Waals surface area contributed by atoms with Crippen LogP contribution in [0.2, 0.25) is 4.34 Å². The highest BCUT2D eigenvalue weighted by Crippen LogP contribution is 2.36. The predicted octanol–water partition coefficient (Wildman–Crippen LogP) is 3.59. The highest BCUT2D eigenvalue weighted by atomic mass is 35.5. The van der Waals surface area contributed by atoms with Gasteiger partial charge in [-0.1, -0.05) is 30.9 Å². The van der Waals surface area contributed by atoms with Gasteiger partial charge in [-0.15, -0.1) is 11.3 Å². The van der Waals surface area contributed by atoms with E-state index in [0.717, 1.165) is 16.7 Å². The van der Waals surface area contributed by atoms with E-state index in [1.165, 1.54) is 24.1 Å². The molecular weight excluding hydrogens is 202 g/mol. The standard InChI is InChI=1S/C10H14ClNS/c11-10-5-4-9(13-10)8(12)6-7-2-1-3-7/h4-5,7-8H,1-3,6,12H2. The van der Waals surface area contributed by atoms with E-state index < -0.39 is 0 Å². The van der Waals surface area contributed by atoms with E-state index in [2.05, 4.69) is 6.07 Å². The first-order chi connectivity index (χ1) is 6.25. The Labute approximate surface area is 87.9 Å². The summed E-state index contributed by atoms with van der Waals surface area (Å²) in [5.74, 6) is 0.871. The fourth-order valence-corrected chi connectivity index (χ4v) is 2.81. The Morgan fingerprint density at radius 1 is 1.54 bits per heavy atom. The zero-order valence-corrected chi connectivity index (χ0v) is 9.07. The average molecular weight is 216 g/mol. The molecule has 1 aromatic heterocycles. The first-order valence-corrected chi connectivity index (χ1v) is 5.96. The summed E-state index contributed by atoms with van der Waals surface area (Å²) in [7, 11) is 0. The van der Waals surface area contributed by atoms with Crippen molar-refractivity contribution in [2.24, 2.45) is 11.7 Å². The molecule has 2 rings (SSSR count). The van der Waals surface area contributed by atoms with Crippen molar-refractivity contribution < 1.29 is 0 Å². The second kappa shape index (κ2) is 3.99. The van der Waals surface area contributed by atoms with Crippen molar-refractivity contribution in [1.82, 2.24) is 0 Å². The molecule has 1 atom stereocenters. The van der Waals surface area contributed by atoms with Crippen molar-refractivity contribution in [2.75, 3.05) is 0 Å². The van der Waals surface area contributed by atoms with Crippen LogP contribution in [0.3, 0.4) is 0 Å². The molecule has 1 aliphatic carbocycles. The van der Waals surface area contributed by atoms with Crippen molar-refractivity contribution in [3.63, 3.8) is 0 Å². The Morgan fingerprint density at radius 3 is 2.77 bits per heavy atom. The zero-order chi connectivity index (χ0) is 9.26. The van der Waals surface area contributed by atoms with Crippen LogP contribution in [0.25, 0.3) is 0 Å². The van der Waals surface area contributed by atoms with E-state index in [1.807, 2.05) is 6.07 Å². The molecule has 0 saturated heterocycles. The molecule has 0 bridgehead atoms. The Balaban J connectivity index is 1.92. The summed E-state index contributed by atoms with van der Waals surface area (Å²) in [5, 5.41) is 0. The zero-order valence-electron chi connectivity index (χ0n) is 7.50. The van der Waals surface area contributed by atoms with Gasteiger partial charge in [0.2, 0.25) is 0 Å². The monoisotopic (exact) mass is 215 g/mol. The third-order valence-corrected chi connectivity index (χ3v) is 4.13. The van der Waals surface area contributed by atoms with Gasteiger partial charge in [-0.05, 0) is 24.5 Å². The summed E-state index contributed by atoms with van der Waals surface area (Å²) < 4.78 is 0.846. The Hall–Kier alpha value is -0.0500. The van der Waals surface area contributed by atoms with E-state index in [9.17, 15) is 0 Å². The number of nitrogens with two attached hydrogens (primary N) is 1. The second-order valence-electron chi connectivity index (χ2n) is 3.78. The largest absolute Gasteiger partial charge is 0.323 e. The van der Waals surface area contributed by atoms with Crippen LogP contribution in [0.1, 0.15) is 36.6 Å². The van der Waals surface area contributed by atoms with Gasteiger partial charge in [0.05, 0.1) is 4.34 Å². The molecule has 13 heavy (non-hydrogen) atoms. The lowest BCUT2D eigenvalue weighted by molar-refractivity contribution is 0.278. The molecular formula is C10H14ClNS. The van der Waals surface area contributed by atoms with Gasteiger partial charge >= 0.3 is 0 Å². The van der Waals surface area contributed by atoms with Gasteiger partial charge in [0.15, 0.2) is 0 Å². The van der Waals surface area contributed by atoms with Gasteiger partial charge in [-0.2, -0.15) is 0 Å². The lowest BCUT2D eigenvalue weighted by Crippen LogP contribution is -2.19. The number of hydrogen-bond donors (Lipinski definition) is 1. The van der Waals surface area contributed by atoms with Crippen LogP contribution in [0, 0.1) is 5.92 Å². The number of hydrogen-bond acceptors (Lipinski definition) is 2. The van der Waals surface area contributed by atoms with Crippen molar-refractivity contribution in [2.45, 2.75) is 31.7 Å². The van der Waals surface area contributed by atoms with Crippen molar-refractivity contribution in [3.8, 4) is 0 Å². The number of halogens is 1. The lowest BCUT2D eigenvalue weighted by atomic mass is 9.81. The fraction of sp³-hybridized carbons (Fsp3) is 0.600. The van der Waals surface area contributed by atoms with E-state index >= 15 is 0 Å². The molecule has 1 heterocycles. The van der Waals surface area contributed by atoms with Crippen LogP contribution in [-0.2, 0) is 0 Å². The number of thiophene rings is 1. The summed E-state index contributed by atoms with van der Waals surface area (Å²) in [6.45, 7) is 0. The molecule has 1 aromatic rings. The average Bonchev–Trinajstić information content (AvgIpc) is 2.44. The molecule has 72 valence electrons. The van der Waals surface area contributed by atoms with Crippen molar-refractivity contribution >= 4 is 22.9 Å². The van der Waals surface area contributed by atoms with Crippen LogP contribution in [0.4, 0.5) is 0 Å². The Bertz CT molecular complexity index is 280. The van der Waals surface area contributed by atoms with Crippen LogP contribution >= 0.6 is 22.9 Å². The minimum Gasteiger partial charge on any atom is -0.323 e. The number of rotatable bonds is 3. The minimum absolute atomic E-state index is 0.211. The smallest absolute Gasteiger partial charge is 0.0931 e. The van der Waals surface area contributed by atoms with Crippen LogP contribution < -0.4 is 5.73 Å². The highest BCUT2D eigenvalue weighted by Gasteiger charge is 2.21. The third kappa shape index (κ3) is 2.25. The molecule has 0 amide bonds. The lowest BCUT2D eigenvalue weighted by Gasteiger charge is -2.27. The van der Waals surface area contributed by atoms with Crippen LogP contribution in [-0.4, -0.2) is 0 Å². The van der Waals surface area contributed by atoms with Gasteiger partial charge < -0.3 is 5.73 Å². The van der Waals surface area contributed by atoms with Gasteiger partial charge in [0.25, 0.3) is 0 Å². The van der Waals surface area contributed by atoms with E-state index in [1.54, 1.807) is 11.3 Å². The second-order valence-corrected chi connectivity index (χ2v) is 5.53. The molecule has 0 aromatic carbocycles. The molecule has 0 aliphatic heterocycles. The van der Waals surface area contributed by atoms with Crippen LogP contribution in [0.15, 0.2) is 12.1 Å². The van der Waals surface area contributed by atoms with E-state index in [0.29, 0.717) is 0 Å². The van der Waals surface area contributed by atoms with Crippen molar-refractivity contribution in [1.29, 1.82) is 0 Å². The molecule has 1 unspecified atom stereocenters. The molecule has 0 spiro atoms. The van der Waals surface area contributed by atoms with E-state index in [4.69, 9.17) is 17.3 Å². The summed E-state index contributed by atoms with van der Waals surface area (Å²) >= 11 is 7.46. The molecule has 1 saturated carbocycles. The summed E-state index contributed by atoms with van der Waals surface area (Å²) in [6.07, 6.45) is 5.26. The first kappa shape index (κ1) is 9.50. The molecule has 1 fully saturated rings. The Morgan fingerprint density at radius 2 is 2.31 bits per heavy atom. The quantitative estimate of drug-likeness (QED) is 0.820. The fourth-order valence-electron chi connectivity index (χ4n) is 1.73. The topological polar surface area (TPSA) is 26.0 Å². The molecule has 0 radical (unpaired) electrons. The van der Waals surface area contributed by atoms with Gasteiger partial charge in [-0.25, -0.2) is 0 Å². The predicted molar refractivity (Wildman–Crippen MR) is 58.2 cm³/mol. The maximum absolute atomic E-state index is 6.07. The highest BCUT2D eigenvalue weighted by molar-refractivity contribution is 7.16.